The van der Waals surface area contributed by atoms with E-state index in [0.29, 0.717) is 11.1 Å². The van der Waals surface area contributed by atoms with Crippen LogP contribution < -0.4 is 9.80 Å². The van der Waals surface area contributed by atoms with Gasteiger partial charge in [0.2, 0.25) is 5.91 Å². The highest BCUT2D eigenvalue weighted by atomic mass is 16.2. The molecule has 6 nitrogen and oxygen atoms in total. The molecule has 2 aliphatic heterocycles. The van der Waals surface area contributed by atoms with Crippen molar-refractivity contribution in [2.45, 2.75) is 53.9 Å². The molecule has 0 bridgehead atoms. The van der Waals surface area contributed by atoms with Crippen LogP contribution in [0.5, 0.6) is 0 Å². The normalized spacial score (nSPS) is 15.8. The lowest BCUT2D eigenvalue weighted by Crippen LogP contribution is -2.48. The van der Waals surface area contributed by atoms with E-state index in [1.807, 2.05) is 83.1 Å². The lowest BCUT2D eigenvalue weighted by atomic mass is 9.92. The third-order valence-electron chi connectivity index (χ3n) is 7.74. The fourth-order valence-electron chi connectivity index (χ4n) is 5.79. The minimum absolute atomic E-state index is 0.0463. The number of carbonyl (C=O) groups is 3. The molecule has 0 radical (unpaired) electrons. The molecule has 198 valence electrons. The van der Waals surface area contributed by atoms with Crippen LogP contribution in [-0.2, 0) is 4.79 Å². The van der Waals surface area contributed by atoms with Gasteiger partial charge in [0.25, 0.3) is 11.8 Å². The van der Waals surface area contributed by atoms with Crippen LogP contribution in [0.3, 0.4) is 0 Å². The van der Waals surface area contributed by atoms with Crippen LogP contribution in [0.1, 0.15) is 71.9 Å². The van der Waals surface area contributed by atoms with Gasteiger partial charge in [0.15, 0.2) is 0 Å². The summed E-state index contributed by atoms with van der Waals surface area (Å²) >= 11 is 0. The zero-order chi connectivity index (χ0) is 27.2. The number of aryl methyl sites for hydroxylation is 2. The maximum Gasteiger partial charge on any atom is 0.261 e. The van der Waals surface area contributed by atoms with Crippen molar-refractivity contribution in [1.29, 1.82) is 0 Å². The van der Waals surface area contributed by atoms with Crippen molar-refractivity contribution in [2.24, 2.45) is 5.41 Å². The standard InChI is InChI=1S/C32H37N3O3/c1-21-12-14-26(22(2)20-21)34(31(38)32(3,4)5)18-19-35-29(36)24-11-9-10-23-27(33-16-7-6-8-17-33)15-13-25(28(23)24)30(35)37/h9-15,20H,6-8,16-19H2,1-5H3. The molecule has 5 rings (SSSR count). The van der Waals surface area contributed by atoms with Crippen LogP contribution in [0.4, 0.5) is 11.4 Å². The van der Waals surface area contributed by atoms with Crippen LogP contribution in [-0.4, -0.2) is 48.8 Å². The number of piperidine rings is 1. The van der Waals surface area contributed by atoms with Crippen LogP contribution in [0.15, 0.2) is 48.5 Å². The summed E-state index contributed by atoms with van der Waals surface area (Å²) in [6.07, 6.45) is 3.54. The predicted molar refractivity (Wildman–Crippen MR) is 153 cm³/mol. The van der Waals surface area contributed by atoms with E-state index in [0.717, 1.165) is 59.2 Å². The first-order valence-electron chi connectivity index (χ1n) is 13.6. The van der Waals surface area contributed by atoms with Gasteiger partial charge in [-0.25, -0.2) is 0 Å². The summed E-state index contributed by atoms with van der Waals surface area (Å²) in [7, 11) is 0. The fourth-order valence-corrected chi connectivity index (χ4v) is 5.79. The second-order valence-electron chi connectivity index (χ2n) is 11.7. The van der Waals surface area contributed by atoms with Crippen molar-refractivity contribution in [3.63, 3.8) is 0 Å². The average Bonchev–Trinajstić information content (AvgIpc) is 2.89. The number of rotatable bonds is 5. The number of carbonyl (C=O) groups excluding carboxylic acids is 3. The summed E-state index contributed by atoms with van der Waals surface area (Å²) < 4.78 is 0. The highest BCUT2D eigenvalue weighted by Gasteiger charge is 2.35. The first-order chi connectivity index (χ1) is 18.1. The molecule has 0 N–H and O–H groups in total. The second kappa shape index (κ2) is 9.90. The maximum atomic E-state index is 13.7. The van der Waals surface area contributed by atoms with Gasteiger partial charge in [-0.2, -0.15) is 0 Å². The molecule has 0 aliphatic carbocycles. The molecule has 3 aromatic carbocycles. The molecule has 0 aromatic heterocycles. The molecule has 0 unspecified atom stereocenters. The van der Waals surface area contributed by atoms with Crippen molar-refractivity contribution < 1.29 is 14.4 Å². The van der Waals surface area contributed by atoms with Crippen molar-refractivity contribution in [3.05, 3.63) is 70.8 Å². The molecule has 1 saturated heterocycles. The molecule has 0 saturated carbocycles. The minimum atomic E-state index is -0.615. The Morgan fingerprint density at radius 2 is 1.58 bits per heavy atom. The number of amides is 3. The number of hydrogen-bond donors (Lipinski definition) is 0. The molecule has 3 aromatic rings. The van der Waals surface area contributed by atoms with Crippen molar-refractivity contribution in [1.82, 2.24) is 4.90 Å². The monoisotopic (exact) mass is 511 g/mol. The first kappa shape index (κ1) is 26.0. The predicted octanol–water partition coefficient (Wildman–Crippen LogP) is 6.12. The summed E-state index contributed by atoms with van der Waals surface area (Å²) in [5, 5.41) is 1.71. The van der Waals surface area contributed by atoms with E-state index >= 15 is 0 Å². The fraction of sp³-hybridized carbons (Fsp3) is 0.406. The van der Waals surface area contributed by atoms with Crippen LogP contribution >= 0.6 is 0 Å². The molecule has 0 atom stereocenters. The summed E-state index contributed by atoms with van der Waals surface area (Å²) in [5.41, 5.74) is 4.49. The molecule has 3 amide bonds. The zero-order valence-electron chi connectivity index (χ0n) is 23.1. The molecule has 38 heavy (non-hydrogen) atoms. The van der Waals surface area contributed by atoms with E-state index in [-0.39, 0.29) is 30.8 Å². The Balaban J connectivity index is 1.48. The molecule has 1 fully saturated rings. The zero-order valence-corrected chi connectivity index (χ0v) is 23.1. The largest absolute Gasteiger partial charge is 0.371 e. The summed E-state index contributed by atoms with van der Waals surface area (Å²) in [5.74, 6) is -0.643. The van der Waals surface area contributed by atoms with Gasteiger partial charge in [-0.15, -0.1) is 0 Å². The van der Waals surface area contributed by atoms with E-state index in [2.05, 4.69) is 4.90 Å². The second-order valence-corrected chi connectivity index (χ2v) is 11.7. The van der Waals surface area contributed by atoms with Crippen molar-refractivity contribution in [3.8, 4) is 0 Å². The van der Waals surface area contributed by atoms with Gasteiger partial charge in [0.1, 0.15) is 0 Å². The number of benzene rings is 3. The summed E-state index contributed by atoms with van der Waals surface area (Å²) in [6, 6.07) is 15.6. The number of nitrogens with zero attached hydrogens (tertiary/aromatic N) is 3. The first-order valence-corrected chi connectivity index (χ1v) is 13.6. The Kier molecular flexibility index (Phi) is 6.76. The van der Waals surface area contributed by atoms with Gasteiger partial charge in [-0.3, -0.25) is 19.3 Å². The van der Waals surface area contributed by atoms with Gasteiger partial charge < -0.3 is 9.80 Å². The number of anilines is 2. The summed E-state index contributed by atoms with van der Waals surface area (Å²) in [4.78, 5) is 46.3. The third kappa shape index (κ3) is 4.57. The van der Waals surface area contributed by atoms with Gasteiger partial charge in [0, 0.05) is 64.9 Å². The molecular weight excluding hydrogens is 474 g/mol. The lowest BCUT2D eigenvalue weighted by molar-refractivity contribution is -0.125. The van der Waals surface area contributed by atoms with Gasteiger partial charge >= 0.3 is 0 Å². The Morgan fingerprint density at radius 1 is 0.895 bits per heavy atom. The number of imide groups is 1. The highest BCUT2D eigenvalue weighted by Crippen LogP contribution is 2.37. The Labute approximate surface area is 225 Å². The molecule has 2 aliphatic rings. The van der Waals surface area contributed by atoms with Crippen LogP contribution in [0.25, 0.3) is 10.8 Å². The number of hydrogen-bond acceptors (Lipinski definition) is 4. The van der Waals surface area contributed by atoms with Crippen molar-refractivity contribution >= 4 is 39.9 Å². The minimum Gasteiger partial charge on any atom is -0.371 e. The van der Waals surface area contributed by atoms with Gasteiger partial charge in [-0.1, -0.05) is 50.6 Å². The SMILES string of the molecule is Cc1ccc(N(CCN2C(=O)c3cccc4c(N5CCCCC5)ccc(c34)C2=O)C(=O)C(C)(C)C)c(C)c1. The smallest absolute Gasteiger partial charge is 0.261 e. The van der Waals surface area contributed by atoms with E-state index in [4.69, 9.17) is 0 Å². The van der Waals surface area contributed by atoms with E-state index < -0.39 is 5.41 Å². The average molecular weight is 512 g/mol. The maximum absolute atomic E-state index is 13.7. The van der Waals surface area contributed by atoms with Crippen LogP contribution in [0.2, 0.25) is 0 Å². The van der Waals surface area contributed by atoms with E-state index in [1.54, 1.807) is 4.90 Å². The quantitative estimate of drug-likeness (QED) is 0.387. The molecular formula is C32H37N3O3. The Morgan fingerprint density at radius 3 is 2.24 bits per heavy atom. The Hall–Kier alpha value is -3.67. The Bertz CT molecular complexity index is 1410. The van der Waals surface area contributed by atoms with Crippen LogP contribution in [0, 0.1) is 19.3 Å². The van der Waals surface area contributed by atoms with Gasteiger partial charge in [-0.05, 0) is 62.9 Å². The lowest BCUT2D eigenvalue weighted by Gasteiger charge is -2.34. The van der Waals surface area contributed by atoms with E-state index in [1.165, 1.54) is 11.3 Å². The van der Waals surface area contributed by atoms with Crippen molar-refractivity contribution in [2.75, 3.05) is 36.0 Å². The topological polar surface area (TPSA) is 60.9 Å². The van der Waals surface area contributed by atoms with Gasteiger partial charge in [0.05, 0.1) is 0 Å². The third-order valence-corrected chi connectivity index (χ3v) is 7.74. The van der Waals surface area contributed by atoms with E-state index in [9.17, 15) is 14.4 Å². The molecule has 2 heterocycles. The highest BCUT2D eigenvalue weighted by molar-refractivity contribution is 6.26. The molecule has 6 heteroatoms. The molecule has 0 spiro atoms. The summed E-state index contributed by atoms with van der Waals surface area (Å²) in [6.45, 7) is 12.0.